The lowest BCUT2D eigenvalue weighted by Gasteiger charge is -2.37. The predicted molar refractivity (Wildman–Crippen MR) is 226 cm³/mol. The minimum absolute atomic E-state index is 0.0189. The molecule has 1 spiro atoms. The summed E-state index contributed by atoms with van der Waals surface area (Å²) in [4.78, 5) is 46.7. The fraction of sp³-hybridized carbons (Fsp3) is 0.283. The first kappa shape index (κ1) is 39.5. The van der Waals surface area contributed by atoms with Crippen molar-refractivity contribution in [2.24, 2.45) is 5.92 Å². The number of ether oxygens (including phenoxy) is 2. The maximum atomic E-state index is 15.4. The molecule has 4 atom stereocenters. The average molecular weight is 783 g/mol. The SMILES string of the molecule is COc1ccc([Si](C)(C)[C@H]2[C@H](CC(=O)N(CCO)Cc3ccccc3)O[C@@]3(C(=O)N(Cc4ccccc4)c4ccc(NC(=O)c5ccc(N)cc5)cc43)[C@@H]2C)cc1. The highest BCUT2D eigenvalue weighted by Gasteiger charge is 2.66. The molecule has 7 rings (SSSR count). The van der Waals surface area contributed by atoms with Crippen molar-refractivity contribution in [2.45, 2.75) is 56.8 Å². The molecule has 57 heavy (non-hydrogen) atoms. The van der Waals surface area contributed by atoms with E-state index in [0.717, 1.165) is 22.1 Å². The number of nitrogens with zero attached hydrogens (tertiary/aromatic N) is 2. The molecule has 0 unspecified atom stereocenters. The van der Waals surface area contributed by atoms with E-state index < -0.39 is 19.8 Å². The number of amides is 3. The van der Waals surface area contributed by atoms with E-state index in [1.54, 1.807) is 41.2 Å². The molecule has 2 aliphatic rings. The molecule has 0 radical (unpaired) electrons. The maximum Gasteiger partial charge on any atom is 0.264 e. The second-order valence-electron chi connectivity index (χ2n) is 15.6. The Morgan fingerprint density at radius 2 is 1.56 bits per heavy atom. The molecule has 5 aromatic rings. The maximum absolute atomic E-state index is 15.4. The van der Waals surface area contributed by atoms with Crippen LogP contribution in [0.15, 0.2) is 127 Å². The van der Waals surface area contributed by atoms with Crippen LogP contribution in [0, 0.1) is 5.92 Å². The number of carbonyl (C=O) groups is 3. The average Bonchev–Trinajstić information content (AvgIpc) is 3.64. The van der Waals surface area contributed by atoms with E-state index in [9.17, 15) is 14.7 Å². The van der Waals surface area contributed by atoms with Crippen LogP contribution in [-0.4, -0.2) is 62.2 Å². The van der Waals surface area contributed by atoms with E-state index in [0.29, 0.717) is 41.3 Å². The number of hydrogen-bond donors (Lipinski definition) is 3. The highest BCUT2D eigenvalue weighted by molar-refractivity contribution is 6.91. The summed E-state index contributed by atoms with van der Waals surface area (Å²) < 4.78 is 12.8. The highest BCUT2D eigenvalue weighted by Crippen LogP contribution is 2.60. The van der Waals surface area contributed by atoms with Crippen molar-refractivity contribution >= 4 is 48.0 Å². The summed E-state index contributed by atoms with van der Waals surface area (Å²) in [6.07, 6.45) is -0.625. The van der Waals surface area contributed by atoms with Crippen LogP contribution < -0.4 is 25.9 Å². The van der Waals surface area contributed by atoms with E-state index in [1.807, 2.05) is 91.0 Å². The summed E-state index contributed by atoms with van der Waals surface area (Å²) >= 11 is 0. The Hall–Kier alpha value is -5.75. The summed E-state index contributed by atoms with van der Waals surface area (Å²) in [5.74, 6) is -0.316. The lowest BCUT2D eigenvalue weighted by molar-refractivity contribution is -0.150. The van der Waals surface area contributed by atoms with Gasteiger partial charge in [0.15, 0.2) is 5.60 Å². The van der Waals surface area contributed by atoms with Gasteiger partial charge in [-0.1, -0.05) is 98.0 Å². The zero-order valence-corrected chi connectivity index (χ0v) is 33.9. The summed E-state index contributed by atoms with van der Waals surface area (Å²) in [7, 11) is -0.944. The summed E-state index contributed by atoms with van der Waals surface area (Å²) in [6, 6.07) is 39.9. The number of nitrogen functional groups attached to an aromatic ring is 1. The Morgan fingerprint density at radius 1 is 0.912 bits per heavy atom. The number of methoxy groups -OCH3 is 1. The van der Waals surface area contributed by atoms with Gasteiger partial charge in [-0.15, -0.1) is 0 Å². The number of carbonyl (C=O) groups excluding carboxylic acids is 3. The van der Waals surface area contributed by atoms with Gasteiger partial charge in [-0.25, -0.2) is 0 Å². The molecule has 11 heteroatoms. The number of rotatable bonds is 13. The van der Waals surface area contributed by atoms with Gasteiger partial charge in [-0.2, -0.15) is 0 Å². The van der Waals surface area contributed by atoms with Crippen molar-refractivity contribution in [1.29, 1.82) is 0 Å². The van der Waals surface area contributed by atoms with Crippen LogP contribution in [-0.2, 0) is 33.0 Å². The van der Waals surface area contributed by atoms with Gasteiger partial charge in [0.1, 0.15) is 5.75 Å². The number of nitrogens with two attached hydrogens (primary N) is 1. The Kier molecular flexibility index (Phi) is 11.3. The standard InChI is InChI=1S/C46H50N4O6Si/c1-31-43(57(3,4)38-22-20-37(55-2)21-23-38)41(28-42(52)49(25-26-51)29-32-11-7-5-8-12-32)56-46(31)39-27-36(48-44(53)34-15-17-35(47)18-16-34)19-24-40(39)50(45(46)54)30-33-13-9-6-10-14-33/h5-24,27,31,41,43,51H,25-26,28-30,47H2,1-4H3,(H,48,53)/t31-,41+,43-,46+/m1/s1. The summed E-state index contributed by atoms with van der Waals surface area (Å²) in [6.45, 7) is 7.25. The fourth-order valence-electron chi connectivity index (χ4n) is 8.87. The predicted octanol–water partition coefficient (Wildman–Crippen LogP) is 6.70. The van der Waals surface area contributed by atoms with Gasteiger partial charge in [0.05, 0.1) is 46.5 Å². The monoisotopic (exact) mass is 782 g/mol. The molecule has 3 amide bonds. The normalized spacial score (nSPS) is 20.1. The van der Waals surface area contributed by atoms with Crippen molar-refractivity contribution in [3.8, 4) is 5.75 Å². The van der Waals surface area contributed by atoms with Crippen LogP contribution in [0.4, 0.5) is 17.1 Å². The lowest BCUT2D eigenvalue weighted by Crippen LogP contribution is -2.52. The molecular formula is C46H50N4O6Si. The summed E-state index contributed by atoms with van der Waals surface area (Å²) in [5, 5.41) is 14.2. The van der Waals surface area contributed by atoms with E-state index in [2.05, 4.69) is 37.5 Å². The van der Waals surface area contributed by atoms with Crippen LogP contribution in [0.5, 0.6) is 5.75 Å². The van der Waals surface area contributed by atoms with Crippen molar-refractivity contribution in [1.82, 2.24) is 4.90 Å². The third kappa shape index (κ3) is 7.70. The minimum atomic E-state index is -2.58. The van der Waals surface area contributed by atoms with Crippen molar-refractivity contribution in [3.63, 3.8) is 0 Å². The van der Waals surface area contributed by atoms with Gasteiger partial charge in [0.25, 0.3) is 11.8 Å². The zero-order valence-electron chi connectivity index (χ0n) is 32.9. The minimum Gasteiger partial charge on any atom is -0.497 e. The van der Waals surface area contributed by atoms with Crippen LogP contribution in [0.3, 0.4) is 0 Å². The topological polar surface area (TPSA) is 134 Å². The molecule has 1 saturated heterocycles. The van der Waals surface area contributed by atoms with E-state index in [-0.39, 0.29) is 48.8 Å². The van der Waals surface area contributed by atoms with E-state index in [4.69, 9.17) is 15.2 Å². The van der Waals surface area contributed by atoms with E-state index in [1.165, 1.54) is 0 Å². The molecule has 5 aromatic carbocycles. The number of aliphatic hydroxyl groups is 1. The first-order valence-corrected chi connectivity index (χ1v) is 22.5. The van der Waals surface area contributed by atoms with Crippen molar-refractivity contribution < 1.29 is 29.0 Å². The Balaban J connectivity index is 1.32. The smallest absolute Gasteiger partial charge is 0.264 e. The van der Waals surface area contributed by atoms with Gasteiger partial charge in [-0.05, 0) is 71.3 Å². The van der Waals surface area contributed by atoms with Crippen LogP contribution in [0.1, 0.15) is 40.4 Å². The largest absolute Gasteiger partial charge is 0.497 e. The Bertz CT molecular complexity index is 2220. The molecule has 10 nitrogen and oxygen atoms in total. The molecule has 1 fully saturated rings. The molecule has 2 heterocycles. The second-order valence-corrected chi connectivity index (χ2v) is 20.3. The van der Waals surface area contributed by atoms with Crippen LogP contribution in [0.25, 0.3) is 0 Å². The van der Waals surface area contributed by atoms with Gasteiger partial charge in [-0.3, -0.25) is 14.4 Å². The number of aliphatic hydroxyl groups excluding tert-OH is 1. The number of benzene rings is 5. The number of hydrogen-bond acceptors (Lipinski definition) is 7. The molecule has 0 aliphatic carbocycles. The van der Waals surface area contributed by atoms with E-state index >= 15 is 4.79 Å². The molecular weight excluding hydrogens is 733 g/mol. The molecule has 2 aliphatic heterocycles. The second kappa shape index (κ2) is 16.4. The third-order valence-corrected chi connectivity index (χ3v) is 16.1. The van der Waals surface area contributed by atoms with Crippen molar-refractivity contribution in [2.75, 3.05) is 36.2 Å². The molecule has 0 aromatic heterocycles. The fourth-order valence-corrected chi connectivity index (χ4v) is 12.9. The summed E-state index contributed by atoms with van der Waals surface area (Å²) in [5.41, 5.74) is 8.99. The molecule has 0 bridgehead atoms. The lowest BCUT2D eigenvalue weighted by atomic mass is 9.82. The molecule has 0 saturated carbocycles. The van der Waals surface area contributed by atoms with Gasteiger partial charge < -0.3 is 35.4 Å². The Labute approximate surface area is 335 Å². The Morgan fingerprint density at radius 3 is 2.19 bits per heavy atom. The van der Waals surface area contributed by atoms with Crippen LogP contribution in [0.2, 0.25) is 18.6 Å². The van der Waals surface area contributed by atoms with Crippen molar-refractivity contribution in [3.05, 3.63) is 150 Å². The van der Waals surface area contributed by atoms with Gasteiger partial charge >= 0.3 is 0 Å². The van der Waals surface area contributed by atoms with Crippen LogP contribution >= 0.6 is 0 Å². The number of anilines is 3. The highest BCUT2D eigenvalue weighted by atomic mass is 28.3. The van der Waals surface area contributed by atoms with Gasteiger partial charge in [0.2, 0.25) is 5.91 Å². The first-order valence-electron chi connectivity index (χ1n) is 19.4. The quantitative estimate of drug-likeness (QED) is 0.0894. The zero-order chi connectivity index (χ0) is 40.3. The number of fused-ring (bicyclic) bond motifs is 2. The molecule has 294 valence electrons. The number of nitrogens with one attached hydrogen (secondary N) is 1. The molecule has 4 N–H and O–H groups in total. The first-order chi connectivity index (χ1) is 27.5. The van der Waals surface area contributed by atoms with Gasteiger partial charge in [0, 0.05) is 41.5 Å². The third-order valence-electron chi connectivity index (χ3n) is 11.8.